The Morgan fingerprint density at radius 2 is 2.50 bits per heavy atom. The van der Waals surface area contributed by atoms with Crippen LogP contribution in [0.25, 0.3) is 0 Å². The summed E-state index contributed by atoms with van der Waals surface area (Å²) in [7, 11) is 1.58. The van der Waals surface area contributed by atoms with Gasteiger partial charge in [-0.05, 0) is 12.8 Å². The molecule has 16 heavy (non-hydrogen) atoms. The topological polar surface area (TPSA) is 73.6 Å². The minimum Gasteiger partial charge on any atom is -0.456 e. The molecule has 6 heteroatoms. The number of fused-ring (bicyclic) bond motifs is 1. The zero-order valence-corrected chi connectivity index (χ0v) is 9.00. The van der Waals surface area contributed by atoms with Gasteiger partial charge in [0.15, 0.2) is 6.23 Å². The fourth-order valence-corrected chi connectivity index (χ4v) is 1.81. The lowest BCUT2D eigenvalue weighted by molar-refractivity contribution is -0.0107. The van der Waals surface area contributed by atoms with Crippen molar-refractivity contribution >= 4 is 0 Å². The van der Waals surface area contributed by atoms with E-state index in [4.69, 9.17) is 14.6 Å². The molecule has 1 aliphatic rings. The Balaban J connectivity index is 2.21. The van der Waals surface area contributed by atoms with Crippen LogP contribution in [0.1, 0.15) is 19.1 Å². The quantitative estimate of drug-likeness (QED) is 0.777. The minimum atomic E-state index is -0.330. The van der Waals surface area contributed by atoms with E-state index in [2.05, 4.69) is 4.98 Å². The standard InChI is InChI=1S/C10H14N2O4/c1-15-9-7(3-2-6-13)16-10-11-8(14)4-5-12(9)10/h4-5,7,9,13H,2-3,6H2,1H3. The molecule has 6 nitrogen and oxygen atoms in total. The zero-order valence-electron chi connectivity index (χ0n) is 9.00. The van der Waals surface area contributed by atoms with Crippen LogP contribution in [0.5, 0.6) is 6.01 Å². The lowest BCUT2D eigenvalue weighted by Gasteiger charge is -2.16. The van der Waals surface area contributed by atoms with Crippen LogP contribution >= 0.6 is 0 Å². The summed E-state index contributed by atoms with van der Waals surface area (Å²) in [6, 6.07) is 1.65. The Hall–Kier alpha value is -1.40. The lowest BCUT2D eigenvalue weighted by Crippen LogP contribution is -2.23. The Bertz CT molecular complexity index is 418. The number of aliphatic hydroxyl groups excluding tert-OH is 1. The van der Waals surface area contributed by atoms with Gasteiger partial charge in [0.1, 0.15) is 6.10 Å². The number of nitrogens with zero attached hydrogens (tertiary/aromatic N) is 2. The third kappa shape index (κ3) is 1.94. The lowest BCUT2D eigenvalue weighted by atomic mass is 10.2. The molecule has 1 N–H and O–H groups in total. The van der Waals surface area contributed by atoms with Crippen molar-refractivity contribution in [3.8, 4) is 6.01 Å². The summed E-state index contributed by atoms with van der Waals surface area (Å²) in [5.41, 5.74) is -0.330. The second-order valence-electron chi connectivity index (χ2n) is 3.60. The van der Waals surface area contributed by atoms with E-state index in [-0.39, 0.29) is 30.5 Å². The van der Waals surface area contributed by atoms with E-state index in [1.807, 2.05) is 0 Å². The van der Waals surface area contributed by atoms with Crippen molar-refractivity contribution in [2.45, 2.75) is 25.2 Å². The van der Waals surface area contributed by atoms with Gasteiger partial charge in [0.25, 0.3) is 5.56 Å². The van der Waals surface area contributed by atoms with Gasteiger partial charge >= 0.3 is 6.01 Å². The van der Waals surface area contributed by atoms with Crippen LogP contribution < -0.4 is 10.3 Å². The Kier molecular flexibility index (Phi) is 3.21. The van der Waals surface area contributed by atoms with E-state index in [1.165, 1.54) is 6.07 Å². The summed E-state index contributed by atoms with van der Waals surface area (Å²) >= 11 is 0. The molecule has 88 valence electrons. The van der Waals surface area contributed by atoms with E-state index in [9.17, 15) is 4.79 Å². The molecule has 1 aromatic rings. The number of hydrogen-bond donors (Lipinski definition) is 1. The van der Waals surface area contributed by atoms with Crippen molar-refractivity contribution < 1.29 is 14.6 Å². The maximum atomic E-state index is 11.1. The molecule has 0 spiro atoms. The average Bonchev–Trinajstić information content (AvgIpc) is 2.62. The van der Waals surface area contributed by atoms with Gasteiger partial charge < -0.3 is 14.6 Å². The van der Waals surface area contributed by atoms with Gasteiger partial charge in [-0.1, -0.05) is 0 Å². The van der Waals surface area contributed by atoms with Gasteiger partial charge in [0.2, 0.25) is 0 Å². The molecule has 0 radical (unpaired) electrons. The molecular weight excluding hydrogens is 212 g/mol. The molecule has 0 saturated heterocycles. The SMILES string of the molecule is COC1C(CCCO)Oc2nc(=O)ccn21. The molecule has 0 bridgehead atoms. The summed E-state index contributed by atoms with van der Waals surface area (Å²) in [6.45, 7) is 0.109. The molecule has 0 saturated carbocycles. The predicted molar refractivity (Wildman–Crippen MR) is 55.3 cm³/mol. The fourth-order valence-electron chi connectivity index (χ4n) is 1.81. The van der Waals surface area contributed by atoms with Gasteiger partial charge in [0.05, 0.1) is 0 Å². The first-order chi connectivity index (χ1) is 7.76. The van der Waals surface area contributed by atoms with Crippen LogP contribution in [0.15, 0.2) is 17.1 Å². The van der Waals surface area contributed by atoms with E-state index in [1.54, 1.807) is 17.9 Å². The number of aliphatic hydroxyl groups is 1. The highest BCUT2D eigenvalue weighted by atomic mass is 16.6. The number of hydrogen-bond acceptors (Lipinski definition) is 5. The van der Waals surface area contributed by atoms with Crippen molar-refractivity contribution in [2.24, 2.45) is 0 Å². The van der Waals surface area contributed by atoms with E-state index in [0.717, 1.165) is 0 Å². The molecular formula is C10H14N2O4. The van der Waals surface area contributed by atoms with Gasteiger partial charge in [-0.3, -0.25) is 9.36 Å². The Morgan fingerprint density at radius 3 is 3.19 bits per heavy atom. The zero-order chi connectivity index (χ0) is 11.5. The first kappa shape index (κ1) is 11.1. The van der Waals surface area contributed by atoms with Crippen molar-refractivity contribution in [2.75, 3.05) is 13.7 Å². The maximum Gasteiger partial charge on any atom is 0.302 e. The molecule has 0 fully saturated rings. The van der Waals surface area contributed by atoms with Crippen LogP contribution in [-0.2, 0) is 4.74 Å². The third-order valence-corrected chi connectivity index (χ3v) is 2.54. The van der Waals surface area contributed by atoms with Crippen molar-refractivity contribution in [3.63, 3.8) is 0 Å². The van der Waals surface area contributed by atoms with E-state index < -0.39 is 0 Å². The number of methoxy groups -OCH3 is 1. The largest absolute Gasteiger partial charge is 0.456 e. The highest BCUT2D eigenvalue weighted by Gasteiger charge is 2.33. The highest BCUT2D eigenvalue weighted by molar-refractivity contribution is 5.06. The van der Waals surface area contributed by atoms with Crippen molar-refractivity contribution in [1.29, 1.82) is 0 Å². The van der Waals surface area contributed by atoms with Crippen LogP contribution in [0, 0.1) is 0 Å². The Morgan fingerprint density at radius 1 is 1.69 bits per heavy atom. The fraction of sp³-hybridized carbons (Fsp3) is 0.600. The first-order valence-electron chi connectivity index (χ1n) is 5.15. The molecule has 2 unspecified atom stereocenters. The Labute approximate surface area is 92.4 Å². The molecule has 2 atom stereocenters. The first-order valence-corrected chi connectivity index (χ1v) is 5.15. The van der Waals surface area contributed by atoms with E-state index >= 15 is 0 Å². The summed E-state index contributed by atoms with van der Waals surface area (Å²) in [5, 5.41) is 8.78. The molecule has 2 heterocycles. The predicted octanol–water partition coefficient (Wildman–Crippen LogP) is -0.0782. The van der Waals surface area contributed by atoms with Crippen LogP contribution in [-0.4, -0.2) is 34.5 Å². The third-order valence-electron chi connectivity index (χ3n) is 2.54. The maximum absolute atomic E-state index is 11.1. The van der Waals surface area contributed by atoms with Gasteiger partial charge in [-0.25, -0.2) is 0 Å². The second kappa shape index (κ2) is 4.63. The summed E-state index contributed by atoms with van der Waals surface area (Å²) in [5.74, 6) is 0. The van der Waals surface area contributed by atoms with Crippen LogP contribution in [0.2, 0.25) is 0 Å². The van der Waals surface area contributed by atoms with E-state index in [0.29, 0.717) is 12.8 Å². The normalized spacial score (nSPS) is 22.9. The number of aromatic nitrogens is 2. The molecule has 2 rings (SSSR count). The second-order valence-corrected chi connectivity index (χ2v) is 3.60. The summed E-state index contributed by atoms with van der Waals surface area (Å²) in [6.07, 6.45) is 2.41. The summed E-state index contributed by atoms with van der Waals surface area (Å²) < 4.78 is 12.5. The highest BCUT2D eigenvalue weighted by Crippen LogP contribution is 2.30. The van der Waals surface area contributed by atoms with Crippen LogP contribution in [0.3, 0.4) is 0 Å². The number of ether oxygens (including phenoxy) is 2. The smallest absolute Gasteiger partial charge is 0.302 e. The van der Waals surface area contributed by atoms with Gasteiger partial charge in [-0.2, -0.15) is 4.98 Å². The molecule has 0 aromatic carbocycles. The molecule has 1 aliphatic heterocycles. The van der Waals surface area contributed by atoms with Crippen LogP contribution in [0.4, 0.5) is 0 Å². The average molecular weight is 226 g/mol. The van der Waals surface area contributed by atoms with Crippen molar-refractivity contribution in [1.82, 2.24) is 9.55 Å². The molecule has 0 aliphatic carbocycles. The van der Waals surface area contributed by atoms with Gasteiger partial charge in [-0.15, -0.1) is 0 Å². The number of rotatable bonds is 4. The monoisotopic (exact) mass is 226 g/mol. The summed E-state index contributed by atoms with van der Waals surface area (Å²) in [4.78, 5) is 14.8. The van der Waals surface area contributed by atoms with Gasteiger partial charge in [0, 0.05) is 26.0 Å². The van der Waals surface area contributed by atoms with Crippen molar-refractivity contribution in [3.05, 3.63) is 22.6 Å². The molecule has 1 aromatic heterocycles. The minimum absolute atomic E-state index is 0.109. The molecule has 0 amide bonds.